The van der Waals surface area contributed by atoms with Gasteiger partial charge in [0.25, 0.3) is 0 Å². The summed E-state index contributed by atoms with van der Waals surface area (Å²) in [6.45, 7) is 0. The maximum atomic E-state index is 9.09. The van der Waals surface area contributed by atoms with Crippen molar-refractivity contribution in [2.75, 3.05) is 0 Å². The van der Waals surface area contributed by atoms with Gasteiger partial charge in [0.2, 0.25) is 0 Å². The molecule has 0 radical (unpaired) electrons. The summed E-state index contributed by atoms with van der Waals surface area (Å²) in [5, 5.41) is 0. The summed E-state index contributed by atoms with van der Waals surface area (Å²) in [6, 6.07) is 0. The molecule has 0 rings (SSSR count). The van der Waals surface area contributed by atoms with Crippen molar-refractivity contribution in [2.45, 2.75) is 0 Å². The molecule has 0 unspecified atom stereocenters. The van der Waals surface area contributed by atoms with Gasteiger partial charge in [0.15, 0.2) is 0 Å². The van der Waals surface area contributed by atoms with Crippen LogP contribution in [0.4, 0.5) is 0 Å². The average Bonchev–Trinajstić information content (AvgIpc) is 0.811. The van der Waals surface area contributed by atoms with E-state index in [-0.39, 0.29) is 0 Å². The van der Waals surface area contributed by atoms with E-state index in [1.54, 1.807) is 0 Å². The van der Waals surface area contributed by atoms with Gasteiger partial charge in [-0.3, -0.25) is 0 Å². The molecule has 4 heavy (non-hydrogen) atoms. The summed E-state index contributed by atoms with van der Waals surface area (Å²) in [6.07, 6.45) is 0. The Balaban J connectivity index is 3.51. The predicted octanol–water partition coefficient (Wildman–Crippen LogP) is -0.0301. The van der Waals surface area contributed by atoms with Crippen molar-refractivity contribution in [3.05, 3.63) is 0 Å². The standard InChI is InChI=1S/H2O.O.S.W/h1H2;;;/q;;;+1/p-1. The number of hydrogen-bond donors (Lipinski definition) is 1. The van der Waals surface area contributed by atoms with Crippen molar-refractivity contribution in [2.24, 2.45) is 0 Å². The molecule has 0 spiro atoms. The van der Waals surface area contributed by atoms with E-state index >= 15 is 0 Å². The summed E-state index contributed by atoms with van der Waals surface area (Å²) < 4.78 is 16.6. The molecule has 25 valence electrons. The van der Waals surface area contributed by atoms with Gasteiger partial charge in [0.05, 0.1) is 0 Å². The second-order valence-electron chi connectivity index (χ2n) is 0.217. The molecule has 0 heterocycles. The molecule has 0 fully saturated rings. The van der Waals surface area contributed by atoms with Gasteiger partial charge in [-0.1, -0.05) is 0 Å². The number of hydrogen-bond acceptors (Lipinski definition) is 2. The first-order valence-corrected chi connectivity index (χ1v) is 6.95. The van der Waals surface area contributed by atoms with Crippen molar-refractivity contribution in [1.82, 2.24) is 0 Å². The Kier molecular flexibility index (Phi) is 2.27. The third kappa shape index (κ3) is 16.6. The van der Waals surface area contributed by atoms with Crippen molar-refractivity contribution in [3.63, 3.8) is 0 Å². The van der Waals surface area contributed by atoms with Gasteiger partial charge in [0, 0.05) is 0 Å². The van der Waals surface area contributed by atoms with Gasteiger partial charge in [-0.25, -0.2) is 0 Å². The van der Waals surface area contributed by atoms with Crippen LogP contribution in [0.3, 0.4) is 0 Å². The molecule has 0 saturated heterocycles. The van der Waals surface area contributed by atoms with Gasteiger partial charge in [-0.05, 0) is 0 Å². The molecule has 1 N–H and O–H groups in total. The van der Waals surface area contributed by atoms with Gasteiger partial charge in [-0.2, -0.15) is 0 Å². The molecule has 0 aliphatic heterocycles. The zero-order valence-corrected chi connectivity index (χ0v) is 5.42. The van der Waals surface area contributed by atoms with E-state index in [4.69, 9.17) is 7.16 Å². The van der Waals surface area contributed by atoms with E-state index in [0.29, 0.717) is 0 Å². The van der Waals surface area contributed by atoms with Crippen molar-refractivity contribution in [3.8, 4) is 0 Å². The van der Waals surface area contributed by atoms with E-state index in [1.165, 1.54) is 0 Å². The molecule has 0 aromatic rings. The average molecular weight is 249 g/mol. The Morgan fingerprint density at radius 2 is 2.00 bits per heavy atom. The fourth-order valence-electron chi connectivity index (χ4n) is 0. The van der Waals surface area contributed by atoms with Gasteiger partial charge in [-0.15, -0.1) is 0 Å². The topological polar surface area (TPSA) is 37.3 Å². The van der Waals surface area contributed by atoms with Crippen LogP contribution in [-0.2, 0) is 19.2 Å². The normalized spacial score (nSPS) is 6.25. The first-order valence-electron chi connectivity index (χ1n) is 0.516. The summed E-state index contributed by atoms with van der Waals surface area (Å²) in [5.41, 5.74) is 0. The molecule has 0 aliphatic carbocycles. The summed E-state index contributed by atoms with van der Waals surface area (Å²) >= 11 is -3.19. The van der Waals surface area contributed by atoms with E-state index in [2.05, 4.69) is 9.82 Å². The Labute approximate surface area is 33.2 Å². The molecule has 0 atom stereocenters. The molecular formula is HO2SW. The first-order chi connectivity index (χ1) is 1.73. The third-order valence-corrected chi connectivity index (χ3v) is 0. The number of rotatable bonds is 0. The maximum absolute atomic E-state index is 9.09. The van der Waals surface area contributed by atoms with Crippen LogP contribution in [0.5, 0.6) is 0 Å². The van der Waals surface area contributed by atoms with Gasteiger partial charge in [0.1, 0.15) is 0 Å². The van der Waals surface area contributed by atoms with E-state index in [9.17, 15) is 0 Å². The van der Waals surface area contributed by atoms with Crippen LogP contribution in [0.1, 0.15) is 0 Å². The van der Waals surface area contributed by atoms with E-state index in [0.717, 1.165) is 0 Å². The third-order valence-electron chi connectivity index (χ3n) is 0. The Hall–Kier alpha value is 0.668. The van der Waals surface area contributed by atoms with Crippen LogP contribution in [0.25, 0.3) is 0 Å². The summed E-state index contributed by atoms with van der Waals surface area (Å²) in [4.78, 5) is 0. The van der Waals surface area contributed by atoms with Crippen LogP contribution in [0.2, 0.25) is 0 Å². The van der Waals surface area contributed by atoms with Gasteiger partial charge < -0.3 is 0 Å². The Morgan fingerprint density at radius 3 is 2.00 bits per heavy atom. The van der Waals surface area contributed by atoms with Crippen molar-refractivity contribution >= 4 is 9.82 Å². The zero-order chi connectivity index (χ0) is 3.58. The van der Waals surface area contributed by atoms with Crippen LogP contribution in [0, 0.1) is 0 Å². The molecule has 0 amide bonds. The SMILES string of the molecule is [O]=[W]([OH])=[S]. The molecular weight excluding hydrogens is 248 g/mol. The van der Waals surface area contributed by atoms with Crippen LogP contribution in [0.15, 0.2) is 0 Å². The van der Waals surface area contributed by atoms with Crippen LogP contribution >= 0.6 is 9.82 Å². The van der Waals surface area contributed by atoms with Crippen LogP contribution in [-0.4, -0.2) is 3.76 Å². The fourth-order valence-corrected chi connectivity index (χ4v) is 0. The van der Waals surface area contributed by atoms with Gasteiger partial charge >= 0.3 is 32.8 Å². The van der Waals surface area contributed by atoms with Crippen molar-refractivity contribution < 1.29 is 23.0 Å². The molecule has 0 aliphatic rings. The first kappa shape index (κ1) is 4.67. The Bertz CT molecular complexity index is 54.4. The van der Waals surface area contributed by atoms with E-state index < -0.39 is 15.8 Å². The molecule has 2 nitrogen and oxygen atoms in total. The summed E-state index contributed by atoms with van der Waals surface area (Å²) in [5.74, 6) is 0. The zero-order valence-electron chi connectivity index (χ0n) is 1.67. The van der Waals surface area contributed by atoms with Crippen molar-refractivity contribution in [1.29, 1.82) is 0 Å². The second-order valence-corrected chi connectivity index (χ2v) is 4.11. The molecule has 4 heteroatoms. The molecule has 0 aromatic carbocycles. The second kappa shape index (κ2) is 1.94. The molecule has 0 bridgehead atoms. The minimum atomic E-state index is -3.19. The fraction of sp³-hybridized carbons (Fsp3) is 0. The monoisotopic (exact) mass is 249 g/mol. The quantitative estimate of drug-likeness (QED) is 0.655. The minimum absolute atomic E-state index is 3.19. The van der Waals surface area contributed by atoms with E-state index in [1.807, 2.05) is 0 Å². The predicted molar refractivity (Wildman–Crippen MR) is 10.5 cm³/mol. The van der Waals surface area contributed by atoms with Crippen LogP contribution < -0.4 is 0 Å². The Morgan fingerprint density at radius 1 is 2.00 bits per heavy atom. The molecule has 0 aromatic heterocycles. The molecule has 0 saturated carbocycles. The summed E-state index contributed by atoms with van der Waals surface area (Å²) in [7, 11) is 3.81.